The largest absolute Gasteiger partial charge is 0.493 e. The first kappa shape index (κ1) is 19.0. The van der Waals surface area contributed by atoms with Crippen LogP contribution in [0, 0.1) is 0 Å². The molecule has 0 saturated carbocycles. The molecule has 0 aliphatic carbocycles. The Hall–Kier alpha value is -2.80. The third-order valence-corrected chi connectivity index (χ3v) is 5.32. The Bertz CT molecular complexity index is 959. The van der Waals surface area contributed by atoms with Gasteiger partial charge in [-0.15, -0.1) is 0 Å². The van der Waals surface area contributed by atoms with Crippen LogP contribution in [0.4, 0.5) is 5.69 Å². The molecule has 142 valence electrons. The van der Waals surface area contributed by atoms with Gasteiger partial charge in [0.1, 0.15) is 0 Å². The van der Waals surface area contributed by atoms with Crippen molar-refractivity contribution in [2.45, 2.75) is 4.90 Å². The molecule has 0 bridgehead atoms. The molecule has 0 unspecified atom stereocenters. The van der Waals surface area contributed by atoms with Crippen molar-refractivity contribution < 1.29 is 19.0 Å². The molecule has 0 aliphatic rings. The van der Waals surface area contributed by atoms with Crippen molar-refractivity contribution in [2.24, 2.45) is 7.05 Å². The monoisotopic (exact) mass is 386 g/mol. The quantitative estimate of drug-likeness (QED) is 0.449. The maximum absolute atomic E-state index is 11.3. The first-order valence-electron chi connectivity index (χ1n) is 8.28. The number of aromatic nitrogens is 1. The van der Waals surface area contributed by atoms with E-state index in [0.717, 1.165) is 27.8 Å². The zero-order valence-corrected chi connectivity index (χ0v) is 16.8. The van der Waals surface area contributed by atoms with E-state index < -0.39 is 0 Å². The molecule has 0 aliphatic heterocycles. The summed E-state index contributed by atoms with van der Waals surface area (Å²) in [6.45, 7) is 0. The summed E-state index contributed by atoms with van der Waals surface area (Å²) in [6, 6.07) is 9.88. The summed E-state index contributed by atoms with van der Waals surface area (Å²) in [4.78, 5) is 12.3. The number of rotatable bonds is 7. The topological polar surface area (TPSA) is 52.9 Å². The molecule has 27 heavy (non-hydrogen) atoms. The number of nitrogens with zero attached hydrogens (tertiary/aromatic N) is 2. The minimum absolute atomic E-state index is 0.559. The minimum atomic E-state index is 0.559. The number of anilines is 1. The zero-order chi connectivity index (χ0) is 19.6. The second-order valence-corrected chi connectivity index (χ2v) is 7.17. The molecule has 0 spiro atoms. The summed E-state index contributed by atoms with van der Waals surface area (Å²) in [6.07, 6.45) is 2.73. The second-order valence-electron chi connectivity index (χ2n) is 5.96. The molecule has 0 atom stereocenters. The number of carbonyl (C=O) groups excluding carboxylic acids is 1. The van der Waals surface area contributed by atoms with Gasteiger partial charge < -0.3 is 23.1 Å². The summed E-state index contributed by atoms with van der Waals surface area (Å²) in [5, 5.41) is 0.941. The van der Waals surface area contributed by atoms with Gasteiger partial charge in [0.05, 0.1) is 27.0 Å². The maximum atomic E-state index is 11.3. The third-order valence-electron chi connectivity index (χ3n) is 4.37. The van der Waals surface area contributed by atoms with Crippen LogP contribution in [-0.4, -0.2) is 39.2 Å². The maximum Gasteiger partial charge on any atom is 0.203 e. The molecule has 0 radical (unpaired) electrons. The molecule has 6 nitrogen and oxygen atoms in total. The Balaban J connectivity index is 1.94. The molecule has 1 aromatic heterocycles. The van der Waals surface area contributed by atoms with E-state index in [1.54, 1.807) is 33.3 Å². The number of ether oxygens (including phenoxy) is 3. The predicted octanol–water partition coefficient (Wildman–Crippen LogP) is 4.16. The van der Waals surface area contributed by atoms with Gasteiger partial charge >= 0.3 is 0 Å². The van der Waals surface area contributed by atoms with Crippen LogP contribution in [0.1, 0.15) is 10.4 Å². The normalized spacial score (nSPS) is 10.7. The SMILES string of the molecule is COc1cc(N(C)Sc2ccc3c(c2)c(C=O)cn3C)cc(OC)c1OC. The van der Waals surface area contributed by atoms with Crippen molar-refractivity contribution in [3.8, 4) is 17.2 Å². The number of aldehydes is 1. The molecule has 0 N–H and O–H groups in total. The number of hydrogen-bond donors (Lipinski definition) is 0. The Labute approximate surface area is 162 Å². The number of benzene rings is 2. The van der Waals surface area contributed by atoms with Crippen molar-refractivity contribution in [1.29, 1.82) is 0 Å². The lowest BCUT2D eigenvalue weighted by molar-refractivity contribution is 0.112. The molecule has 1 heterocycles. The fourth-order valence-electron chi connectivity index (χ4n) is 3.01. The molecule has 3 aromatic rings. The average Bonchev–Trinajstić information content (AvgIpc) is 3.01. The van der Waals surface area contributed by atoms with Gasteiger partial charge in [-0.25, -0.2) is 0 Å². The van der Waals surface area contributed by atoms with Crippen LogP contribution in [-0.2, 0) is 7.05 Å². The van der Waals surface area contributed by atoms with E-state index in [9.17, 15) is 4.79 Å². The zero-order valence-electron chi connectivity index (χ0n) is 16.0. The number of carbonyl (C=O) groups is 1. The van der Waals surface area contributed by atoms with Gasteiger partial charge in [-0.05, 0) is 30.1 Å². The summed E-state index contributed by atoms with van der Waals surface area (Å²) in [5.41, 5.74) is 2.61. The van der Waals surface area contributed by atoms with Gasteiger partial charge in [-0.3, -0.25) is 4.79 Å². The Morgan fingerprint density at radius 3 is 2.26 bits per heavy atom. The first-order chi connectivity index (χ1) is 13.0. The molecule has 0 saturated heterocycles. The van der Waals surface area contributed by atoms with Crippen LogP contribution in [0.5, 0.6) is 17.2 Å². The summed E-state index contributed by atoms with van der Waals surface area (Å²) in [7, 11) is 8.67. The molecule has 7 heteroatoms. The van der Waals surface area contributed by atoms with Gasteiger partial charge in [0, 0.05) is 53.8 Å². The fourth-order valence-corrected chi connectivity index (χ4v) is 3.84. The Kier molecular flexibility index (Phi) is 5.51. The van der Waals surface area contributed by atoms with Gasteiger partial charge in [-0.1, -0.05) is 0 Å². The van der Waals surface area contributed by atoms with Crippen molar-refractivity contribution in [1.82, 2.24) is 4.57 Å². The molecule has 0 fully saturated rings. The van der Waals surface area contributed by atoms with E-state index in [1.807, 2.05) is 59.5 Å². The molecule has 2 aromatic carbocycles. The molecular weight excluding hydrogens is 364 g/mol. The highest BCUT2D eigenvalue weighted by atomic mass is 32.2. The van der Waals surface area contributed by atoms with E-state index in [2.05, 4.69) is 0 Å². The number of aryl methyl sites for hydroxylation is 1. The van der Waals surface area contributed by atoms with Crippen LogP contribution in [0.25, 0.3) is 10.9 Å². The lowest BCUT2D eigenvalue weighted by atomic mass is 10.2. The van der Waals surface area contributed by atoms with Crippen molar-refractivity contribution in [3.63, 3.8) is 0 Å². The van der Waals surface area contributed by atoms with Crippen LogP contribution in [0.3, 0.4) is 0 Å². The van der Waals surface area contributed by atoms with Crippen LogP contribution >= 0.6 is 11.9 Å². The average molecular weight is 386 g/mol. The van der Waals surface area contributed by atoms with Gasteiger partial charge in [0.15, 0.2) is 17.8 Å². The van der Waals surface area contributed by atoms with Gasteiger partial charge in [0.2, 0.25) is 5.75 Å². The van der Waals surface area contributed by atoms with E-state index in [0.29, 0.717) is 22.8 Å². The number of hydrogen-bond acceptors (Lipinski definition) is 6. The summed E-state index contributed by atoms with van der Waals surface area (Å²) < 4.78 is 20.2. The van der Waals surface area contributed by atoms with Gasteiger partial charge in [-0.2, -0.15) is 0 Å². The van der Waals surface area contributed by atoms with Crippen molar-refractivity contribution in [2.75, 3.05) is 32.7 Å². The smallest absolute Gasteiger partial charge is 0.203 e. The van der Waals surface area contributed by atoms with E-state index in [4.69, 9.17) is 14.2 Å². The number of methoxy groups -OCH3 is 3. The Morgan fingerprint density at radius 2 is 1.70 bits per heavy atom. The first-order valence-corrected chi connectivity index (χ1v) is 9.05. The summed E-state index contributed by atoms with van der Waals surface area (Å²) in [5.74, 6) is 1.76. The highest BCUT2D eigenvalue weighted by Gasteiger charge is 2.16. The second kappa shape index (κ2) is 7.84. The van der Waals surface area contributed by atoms with Crippen molar-refractivity contribution in [3.05, 3.63) is 42.1 Å². The molecule has 0 amide bonds. The third kappa shape index (κ3) is 3.55. The van der Waals surface area contributed by atoms with Crippen LogP contribution < -0.4 is 18.5 Å². The summed E-state index contributed by atoms with van der Waals surface area (Å²) >= 11 is 1.55. The van der Waals surface area contributed by atoms with Crippen LogP contribution in [0.2, 0.25) is 0 Å². The highest BCUT2D eigenvalue weighted by Crippen LogP contribution is 2.42. The lowest BCUT2D eigenvalue weighted by Gasteiger charge is -2.21. The van der Waals surface area contributed by atoms with E-state index >= 15 is 0 Å². The minimum Gasteiger partial charge on any atom is -0.493 e. The van der Waals surface area contributed by atoms with Gasteiger partial charge in [0.25, 0.3) is 0 Å². The molecule has 3 rings (SSSR count). The number of fused-ring (bicyclic) bond motifs is 1. The van der Waals surface area contributed by atoms with Crippen LogP contribution in [0.15, 0.2) is 41.4 Å². The van der Waals surface area contributed by atoms with Crippen molar-refractivity contribution >= 4 is 34.8 Å². The Morgan fingerprint density at radius 1 is 1.04 bits per heavy atom. The highest BCUT2D eigenvalue weighted by molar-refractivity contribution is 8.00. The standard InChI is InChI=1S/C20H22N2O4S/c1-21-11-13(12-23)16-10-15(6-7-17(16)21)27-22(2)14-8-18(24-3)20(26-5)19(9-14)25-4/h6-12H,1-5H3. The van der Waals surface area contributed by atoms with E-state index in [-0.39, 0.29) is 0 Å². The fraction of sp³-hybridized carbons (Fsp3) is 0.250. The lowest BCUT2D eigenvalue weighted by Crippen LogP contribution is -2.07. The predicted molar refractivity (Wildman–Crippen MR) is 109 cm³/mol. The molecular formula is C20H22N2O4S. The van der Waals surface area contributed by atoms with E-state index in [1.165, 1.54) is 0 Å².